The number of thioether (sulfide) groups is 1. The zero-order valence-electron chi connectivity index (χ0n) is 10.6. The number of amides is 1. The molecule has 4 heteroatoms. The van der Waals surface area contributed by atoms with Gasteiger partial charge in [0.15, 0.2) is 0 Å². The smallest absolute Gasteiger partial charge is 0.225 e. The maximum absolute atomic E-state index is 11.6. The van der Waals surface area contributed by atoms with Gasteiger partial charge in [-0.25, -0.2) is 0 Å². The zero-order chi connectivity index (χ0) is 12.7. The molecular formula is C13H20N2OS. The molecule has 1 aromatic rings. The van der Waals surface area contributed by atoms with Gasteiger partial charge in [-0.3, -0.25) is 4.79 Å². The van der Waals surface area contributed by atoms with E-state index in [2.05, 4.69) is 24.5 Å². The largest absolute Gasteiger partial charge is 0.325 e. The van der Waals surface area contributed by atoms with Crippen LogP contribution in [0, 0.1) is 0 Å². The molecule has 1 amide bonds. The molecule has 0 fully saturated rings. The van der Waals surface area contributed by atoms with E-state index in [4.69, 9.17) is 0 Å². The fourth-order valence-electron chi connectivity index (χ4n) is 1.38. The van der Waals surface area contributed by atoms with Gasteiger partial charge in [-0.05, 0) is 19.2 Å². The van der Waals surface area contributed by atoms with Gasteiger partial charge in [-0.1, -0.05) is 26.0 Å². The van der Waals surface area contributed by atoms with Crippen LogP contribution in [0.4, 0.5) is 5.69 Å². The molecule has 0 aliphatic heterocycles. The molecule has 0 aliphatic rings. The quantitative estimate of drug-likeness (QED) is 0.765. The average Bonchev–Trinajstić information content (AvgIpc) is 2.28. The van der Waals surface area contributed by atoms with Crippen molar-refractivity contribution < 1.29 is 4.79 Å². The van der Waals surface area contributed by atoms with Gasteiger partial charge in [-0.15, -0.1) is 11.8 Å². The molecule has 0 heterocycles. The minimum absolute atomic E-state index is 0.0520. The van der Waals surface area contributed by atoms with Gasteiger partial charge in [0.1, 0.15) is 0 Å². The Morgan fingerprint density at radius 2 is 2.06 bits per heavy atom. The molecule has 0 aromatic heterocycles. The van der Waals surface area contributed by atoms with Crippen LogP contribution in [0.25, 0.3) is 0 Å². The van der Waals surface area contributed by atoms with Gasteiger partial charge >= 0.3 is 0 Å². The molecule has 2 N–H and O–H groups in total. The molecular weight excluding hydrogens is 232 g/mol. The van der Waals surface area contributed by atoms with E-state index in [0.717, 1.165) is 10.6 Å². The lowest BCUT2D eigenvalue weighted by molar-refractivity contribution is -0.116. The number of carbonyl (C=O) groups is 1. The summed E-state index contributed by atoms with van der Waals surface area (Å²) in [6, 6.07) is 7.92. The molecule has 0 radical (unpaired) electrons. The van der Waals surface area contributed by atoms with E-state index in [1.54, 1.807) is 11.8 Å². The normalized spacial score (nSPS) is 10.6. The van der Waals surface area contributed by atoms with Crippen LogP contribution in [-0.2, 0) is 4.79 Å². The first-order valence-electron chi connectivity index (χ1n) is 5.83. The van der Waals surface area contributed by atoms with Crippen molar-refractivity contribution in [2.75, 3.05) is 18.9 Å². The van der Waals surface area contributed by atoms with E-state index in [0.29, 0.717) is 18.2 Å². The van der Waals surface area contributed by atoms with Crippen molar-refractivity contribution in [1.29, 1.82) is 0 Å². The second-order valence-electron chi connectivity index (χ2n) is 4.06. The first-order chi connectivity index (χ1) is 8.13. The van der Waals surface area contributed by atoms with Crippen LogP contribution in [0.3, 0.4) is 0 Å². The van der Waals surface area contributed by atoms with Crippen LogP contribution in [0.5, 0.6) is 0 Å². The van der Waals surface area contributed by atoms with Crippen LogP contribution in [0.15, 0.2) is 29.2 Å². The molecule has 0 bridgehead atoms. The van der Waals surface area contributed by atoms with Gasteiger partial charge in [0, 0.05) is 23.1 Å². The van der Waals surface area contributed by atoms with E-state index in [-0.39, 0.29) is 5.91 Å². The van der Waals surface area contributed by atoms with E-state index >= 15 is 0 Å². The molecule has 0 aliphatic carbocycles. The van der Waals surface area contributed by atoms with Crippen molar-refractivity contribution in [2.45, 2.75) is 30.4 Å². The van der Waals surface area contributed by atoms with Crippen molar-refractivity contribution in [3.8, 4) is 0 Å². The highest BCUT2D eigenvalue weighted by Gasteiger charge is 2.07. The summed E-state index contributed by atoms with van der Waals surface area (Å²) in [5, 5.41) is 6.42. The summed E-state index contributed by atoms with van der Waals surface area (Å²) >= 11 is 1.76. The highest BCUT2D eigenvalue weighted by atomic mass is 32.2. The Labute approximate surface area is 107 Å². The SMILES string of the molecule is CNCCC(=O)Nc1ccccc1SC(C)C. The van der Waals surface area contributed by atoms with Gasteiger partial charge in [-0.2, -0.15) is 0 Å². The Morgan fingerprint density at radius 1 is 1.35 bits per heavy atom. The summed E-state index contributed by atoms with van der Waals surface area (Å²) in [6.07, 6.45) is 0.497. The highest BCUT2D eigenvalue weighted by molar-refractivity contribution is 8.00. The Bertz CT molecular complexity index is 366. The van der Waals surface area contributed by atoms with Gasteiger partial charge in [0.25, 0.3) is 0 Å². The van der Waals surface area contributed by atoms with Gasteiger partial charge in [0.05, 0.1) is 5.69 Å². The van der Waals surface area contributed by atoms with Crippen molar-refractivity contribution in [2.24, 2.45) is 0 Å². The Balaban J connectivity index is 2.66. The number of nitrogens with one attached hydrogen (secondary N) is 2. The standard InChI is InChI=1S/C13H20N2OS/c1-10(2)17-12-7-5-4-6-11(12)15-13(16)8-9-14-3/h4-7,10,14H,8-9H2,1-3H3,(H,15,16). The minimum Gasteiger partial charge on any atom is -0.325 e. The lowest BCUT2D eigenvalue weighted by Crippen LogP contribution is -2.19. The zero-order valence-corrected chi connectivity index (χ0v) is 11.4. The maximum atomic E-state index is 11.6. The average molecular weight is 252 g/mol. The molecule has 0 spiro atoms. The van der Waals surface area contributed by atoms with E-state index in [9.17, 15) is 4.79 Å². The lowest BCUT2D eigenvalue weighted by atomic mass is 10.3. The molecule has 94 valence electrons. The Hall–Kier alpha value is -1.00. The predicted molar refractivity (Wildman–Crippen MR) is 74.6 cm³/mol. The predicted octanol–water partition coefficient (Wildman–Crippen LogP) is 2.74. The number of anilines is 1. The molecule has 0 saturated heterocycles. The monoisotopic (exact) mass is 252 g/mol. The summed E-state index contributed by atoms with van der Waals surface area (Å²) in [5.74, 6) is 0.0520. The summed E-state index contributed by atoms with van der Waals surface area (Å²) in [4.78, 5) is 12.8. The Kier molecular flexibility index (Phi) is 6.08. The van der Waals surface area contributed by atoms with E-state index in [1.165, 1.54) is 0 Å². The molecule has 1 aromatic carbocycles. The van der Waals surface area contributed by atoms with Crippen LogP contribution < -0.4 is 10.6 Å². The number of carbonyl (C=O) groups excluding carboxylic acids is 1. The Morgan fingerprint density at radius 3 is 2.71 bits per heavy atom. The lowest BCUT2D eigenvalue weighted by Gasteiger charge is -2.12. The summed E-state index contributed by atoms with van der Waals surface area (Å²) in [5.41, 5.74) is 0.910. The number of hydrogen-bond acceptors (Lipinski definition) is 3. The van der Waals surface area contributed by atoms with Crippen molar-refractivity contribution in [1.82, 2.24) is 5.32 Å². The molecule has 3 nitrogen and oxygen atoms in total. The second-order valence-corrected chi connectivity index (χ2v) is 5.68. The topological polar surface area (TPSA) is 41.1 Å². The van der Waals surface area contributed by atoms with Crippen LogP contribution in [0.1, 0.15) is 20.3 Å². The van der Waals surface area contributed by atoms with Gasteiger partial charge in [0.2, 0.25) is 5.91 Å². The maximum Gasteiger partial charge on any atom is 0.225 e. The molecule has 0 saturated carbocycles. The first kappa shape index (κ1) is 14.1. The first-order valence-corrected chi connectivity index (χ1v) is 6.71. The molecule has 0 unspecified atom stereocenters. The fourth-order valence-corrected chi connectivity index (χ4v) is 2.29. The third-order valence-corrected chi connectivity index (χ3v) is 3.21. The molecule has 17 heavy (non-hydrogen) atoms. The fraction of sp³-hybridized carbons (Fsp3) is 0.462. The minimum atomic E-state index is 0.0520. The summed E-state index contributed by atoms with van der Waals surface area (Å²) < 4.78 is 0. The highest BCUT2D eigenvalue weighted by Crippen LogP contribution is 2.30. The number of benzene rings is 1. The van der Waals surface area contributed by atoms with E-state index < -0.39 is 0 Å². The molecule has 0 atom stereocenters. The molecule has 1 rings (SSSR count). The number of para-hydroxylation sites is 1. The van der Waals surface area contributed by atoms with Crippen molar-refractivity contribution in [3.05, 3.63) is 24.3 Å². The number of hydrogen-bond donors (Lipinski definition) is 2. The van der Waals surface area contributed by atoms with Crippen LogP contribution in [0.2, 0.25) is 0 Å². The van der Waals surface area contributed by atoms with Crippen molar-refractivity contribution >= 4 is 23.4 Å². The van der Waals surface area contributed by atoms with Crippen LogP contribution in [-0.4, -0.2) is 24.7 Å². The summed E-state index contributed by atoms with van der Waals surface area (Å²) in [6.45, 7) is 4.99. The summed E-state index contributed by atoms with van der Waals surface area (Å²) in [7, 11) is 1.84. The van der Waals surface area contributed by atoms with E-state index in [1.807, 2.05) is 31.3 Å². The van der Waals surface area contributed by atoms with Crippen molar-refractivity contribution in [3.63, 3.8) is 0 Å². The third kappa shape index (κ3) is 5.24. The van der Waals surface area contributed by atoms with Crippen LogP contribution >= 0.6 is 11.8 Å². The second kappa shape index (κ2) is 7.35. The van der Waals surface area contributed by atoms with Gasteiger partial charge < -0.3 is 10.6 Å². The third-order valence-electron chi connectivity index (χ3n) is 2.13. The number of rotatable bonds is 6.